The number of hydrogen-bond donors (Lipinski definition) is 4. The molecule has 2 fully saturated rings. The third-order valence-corrected chi connectivity index (χ3v) is 6.96. The summed E-state index contributed by atoms with van der Waals surface area (Å²) in [6, 6.07) is 0. The number of aliphatic hydroxyl groups excluding tert-OH is 2. The monoisotopic (exact) mass is 511 g/mol. The smallest absolute Gasteiger partial charge is 0.314 e. The Labute approximate surface area is 192 Å². The number of nitrogens with two attached hydrogens (primary N) is 2. The summed E-state index contributed by atoms with van der Waals surface area (Å²) in [5.41, 5.74) is 11.1. The first-order valence-corrected chi connectivity index (χ1v) is 11.2. The van der Waals surface area contributed by atoms with E-state index in [0.29, 0.717) is 17.3 Å². The number of pyridine rings is 1. The van der Waals surface area contributed by atoms with Crippen LogP contribution in [-0.2, 0) is 14.3 Å². The van der Waals surface area contributed by atoms with Crippen LogP contribution >= 0.6 is 15.9 Å². The largest absolute Gasteiger partial charge is 0.432 e. The van der Waals surface area contributed by atoms with E-state index in [0.717, 1.165) is 19.3 Å². The molecule has 4 atom stereocenters. The van der Waals surface area contributed by atoms with E-state index >= 15 is 0 Å². The van der Waals surface area contributed by atoms with Gasteiger partial charge in [0.25, 0.3) is 5.91 Å². The lowest BCUT2D eigenvalue weighted by Crippen LogP contribution is -2.48. The van der Waals surface area contributed by atoms with Crippen molar-refractivity contribution in [1.82, 2.24) is 4.98 Å². The number of anilines is 1. The van der Waals surface area contributed by atoms with E-state index < -0.39 is 42.0 Å². The van der Waals surface area contributed by atoms with Gasteiger partial charge in [-0.1, -0.05) is 19.3 Å². The number of aromatic nitrogens is 1. The Kier molecular flexibility index (Phi) is 6.14. The average molecular weight is 512 g/mol. The number of rotatable bonds is 4. The van der Waals surface area contributed by atoms with Crippen molar-refractivity contribution in [3.63, 3.8) is 0 Å². The highest BCUT2D eigenvalue weighted by molar-refractivity contribution is 9.10. The summed E-state index contributed by atoms with van der Waals surface area (Å²) in [5, 5.41) is 21.2. The van der Waals surface area contributed by atoms with Gasteiger partial charge in [-0.25, -0.2) is 9.98 Å². The summed E-state index contributed by atoms with van der Waals surface area (Å²) >= 11 is 3.24. The van der Waals surface area contributed by atoms with Gasteiger partial charge in [0.1, 0.15) is 30.5 Å². The normalized spacial score (nSPS) is 29.2. The second kappa shape index (κ2) is 8.58. The van der Waals surface area contributed by atoms with Crippen LogP contribution in [0, 0.1) is 5.41 Å². The first-order valence-electron chi connectivity index (χ1n) is 10.4. The summed E-state index contributed by atoms with van der Waals surface area (Å²) in [6.07, 6.45) is 0.281. The van der Waals surface area contributed by atoms with Gasteiger partial charge < -0.3 is 36.1 Å². The molecule has 6 N–H and O–H groups in total. The minimum absolute atomic E-state index is 0.0556. The highest BCUT2D eigenvalue weighted by Gasteiger charge is 2.50. The van der Waals surface area contributed by atoms with Gasteiger partial charge in [0.05, 0.1) is 16.5 Å². The van der Waals surface area contributed by atoms with E-state index in [2.05, 4.69) is 25.9 Å². The molecule has 0 radical (unpaired) electrons. The first kappa shape index (κ1) is 22.9. The zero-order valence-electron chi connectivity index (χ0n) is 17.5. The molecule has 1 amide bonds. The molecule has 12 heteroatoms. The molecule has 1 saturated heterocycles. The maximum Gasteiger partial charge on any atom is 0.314 e. The molecule has 11 nitrogen and oxygen atoms in total. The van der Waals surface area contributed by atoms with E-state index in [1.807, 2.05) is 6.92 Å². The van der Waals surface area contributed by atoms with Crippen LogP contribution in [-0.4, -0.2) is 64.3 Å². The van der Waals surface area contributed by atoms with Gasteiger partial charge >= 0.3 is 5.97 Å². The number of carbonyl (C=O) groups is 2. The van der Waals surface area contributed by atoms with Crippen LogP contribution in [0.1, 0.15) is 54.9 Å². The lowest BCUT2D eigenvalue weighted by molar-refractivity contribution is -0.199. The van der Waals surface area contributed by atoms with Gasteiger partial charge in [0.2, 0.25) is 6.29 Å². The first-order chi connectivity index (χ1) is 15.1. The Hall–Kier alpha value is -2.28. The fourth-order valence-electron chi connectivity index (χ4n) is 4.45. The fraction of sp³-hybridized carbons (Fsp3) is 0.600. The van der Waals surface area contributed by atoms with Gasteiger partial charge in [-0.2, -0.15) is 0 Å². The molecular formula is C20H26BrN5O6. The van der Waals surface area contributed by atoms with E-state index in [9.17, 15) is 19.8 Å². The third-order valence-electron chi connectivity index (χ3n) is 6.36. The average Bonchev–Trinajstić information content (AvgIpc) is 3.03. The number of nitrogens with zero attached hydrogens (tertiary/aromatic N) is 3. The van der Waals surface area contributed by atoms with Crippen molar-refractivity contribution in [2.24, 2.45) is 21.9 Å². The molecule has 32 heavy (non-hydrogen) atoms. The van der Waals surface area contributed by atoms with Crippen LogP contribution in [0.3, 0.4) is 0 Å². The number of primary amides is 1. The number of halogens is 1. The molecule has 2 aliphatic heterocycles. The van der Waals surface area contributed by atoms with Crippen LogP contribution < -0.4 is 16.4 Å². The molecule has 1 saturated carbocycles. The predicted molar refractivity (Wildman–Crippen MR) is 116 cm³/mol. The minimum Gasteiger partial charge on any atom is -0.432 e. The lowest BCUT2D eigenvalue weighted by Gasteiger charge is -2.34. The van der Waals surface area contributed by atoms with Gasteiger partial charge in [0, 0.05) is 10.7 Å². The van der Waals surface area contributed by atoms with E-state index in [4.69, 9.17) is 20.9 Å². The number of aliphatic imine (C=N–C) groups is 1. The van der Waals surface area contributed by atoms with Crippen LogP contribution in [0.4, 0.5) is 5.82 Å². The molecule has 1 aliphatic carbocycles. The maximum absolute atomic E-state index is 12.8. The van der Waals surface area contributed by atoms with Gasteiger partial charge in [-0.3, -0.25) is 9.59 Å². The quantitative estimate of drug-likeness (QED) is 0.415. The molecular weight excluding hydrogens is 486 g/mol. The van der Waals surface area contributed by atoms with Crippen LogP contribution in [0.25, 0.3) is 0 Å². The second-order valence-corrected chi connectivity index (χ2v) is 9.46. The Bertz CT molecular complexity index is 966. The molecule has 1 aromatic heterocycles. The van der Waals surface area contributed by atoms with Crippen LogP contribution in [0.2, 0.25) is 0 Å². The number of carbonyl (C=O) groups excluding carboxylic acids is 2. The zero-order valence-corrected chi connectivity index (χ0v) is 19.1. The summed E-state index contributed by atoms with van der Waals surface area (Å²) < 4.78 is 11.6. The summed E-state index contributed by atoms with van der Waals surface area (Å²) in [5.74, 6) is -0.943. The SMILES string of the molecule is CC1(C(=O)O[C@@H]2O[C@H](N3CN=C(N)c4c3ncc(Br)c4C(N)=O)[C@H](O)[C@H]2O)CCCCC1. The highest BCUT2D eigenvalue weighted by atomic mass is 79.9. The van der Waals surface area contributed by atoms with Crippen molar-refractivity contribution in [2.75, 3.05) is 11.6 Å². The maximum atomic E-state index is 12.8. The van der Waals surface area contributed by atoms with Gasteiger partial charge in [0.15, 0.2) is 6.23 Å². The number of amidine groups is 1. The summed E-state index contributed by atoms with van der Waals surface area (Å²) in [4.78, 5) is 34.7. The molecule has 0 spiro atoms. The van der Waals surface area contributed by atoms with Gasteiger partial charge in [-0.15, -0.1) is 0 Å². The Balaban J connectivity index is 1.59. The Morgan fingerprint density at radius 2 is 1.97 bits per heavy atom. The Morgan fingerprint density at radius 1 is 1.28 bits per heavy atom. The van der Waals surface area contributed by atoms with Crippen LogP contribution in [0.15, 0.2) is 15.7 Å². The number of amides is 1. The topological polar surface area (TPSA) is 174 Å². The summed E-state index contributed by atoms with van der Waals surface area (Å²) in [7, 11) is 0. The standard InChI is InChI=1S/C20H26BrN5O6/c1-20(5-3-2-4-6-20)19(30)32-18-13(28)12(27)17(31-18)26-8-25-14(22)11-10(15(23)29)9(21)7-24-16(11)26/h7,12-13,17-18,27-28H,2-6,8H2,1H3,(H2,22,25)(H2,23,29)/t12-,13-,17+,18+/m1/s1. The number of aliphatic hydroxyl groups is 2. The lowest BCUT2D eigenvalue weighted by atomic mass is 9.76. The zero-order chi connectivity index (χ0) is 23.2. The molecule has 4 rings (SSSR count). The van der Waals surface area contributed by atoms with Crippen molar-refractivity contribution >= 4 is 39.5 Å². The summed E-state index contributed by atoms with van der Waals surface area (Å²) in [6.45, 7) is 1.79. The van der Waals surface area contributed by atoms with Gasteiger partial charge in [-0.05, 0) is 35.7 Å². The number of ether oxygens (including phenoxy) is 2. The second-order valence-electron chi connectivity index (χ2n) is 8.60. The highest BCUT2D eigenvalue weighted by Crippen LogP contribution is 2.39. The Morgan fingerprint density at radius 3 is 2.62 bits per heavy atom. The van der Waals surface area contributed by atoms with E-state index in [1.54, 1.807) is 0 Å². The van der Waals surface area contributed by atoms with Crippen molar-refractivity contribution in [3.05, 3.63) is 21.8 Å². The molecule has 3 heterocycles. The van der Waals surface area contributed by atoms with E-state index in [1.165, 1.54) is 11.1 Å². The molecule has 1 aromatic rings. The number of hydrogen-bond acceptors (Lipinski definition) is 10. The molecule has 0 unspecified atom stereocenters. The van der Waals surface area contributed by atoms with Crippen molar-refractivity contribution < 1.29 is 29.3 Å². The third kappa shape index (κ3) is 3.85. The van der Waals surface area contributed by atoms with Crippen LogP contribution in [0.5, 0.6) is 0 Å². The molecule has 3 aliphatic rings. The predicted octanol–water partition coefficient (Wildman–Crippen LogP) is 0.344. The molecule has 174 valence electrons. The van der Waals surface area contributed by atoms with Crippen molar-refractivity contribution in [3.8, 4) is 0 Å². The number of esters is 1. The minimum atomic E-state index is -1.48. The van der Waals surface area contributed by atoms with Crippen molar-refractivity contribution in [1.29, 1.82) is 0 Å². The molecule has 0 aromatic carbocycles. The van der Waals surface area contributed by atoms with Crippen molar-refractivity contribution in [2.45, 2.75) is 63.8 Å². The van der Waals surface area contributed by atoms with E-state index in [-0.39, 0.29) is 29.4 Å². The molecule has 0 bridgehead atoms. The number of fused-ring (bicyclic) bond motifs is 1. The fourth-order valence-corrected chi connectivity index (χ4v) is 4.94.